The Morgan fingerprint density at radius 3 is 2.56 bits per heavy atom. The SMILES string of the molecule is C#CCOc1ccc(C(C)(C)C)cc1C#N. The summed E-state index contributed by atoms with van der Waals surface area (Å²) in [6.45, 7) is 6.49. The van der Waals surface area contributed by atoms with E-state index in [1.807, 2.05) is 12.1 Å². The molecule has 0 radical (unpaired) electrons. The zero-order valence-electron chi connectivity index (χ0n) is 9.87. The molecule has 0 unspecified atom stereocenters. The zero-order valence-corrected chi connectivity index (χ0v) is 9.87. The van der Waals surface area contributed by atoms with Gasteiger partial charge < -0.3 is 4.74 Å². The molecule has 0 heterocycles. The summed E-state index contributed by atoms with van der Waals surface area (Å²) in [5.74, 6) is 2.93. The molecule has 0 amide bonds. The molecule has 0 spiro atoms. The van der Waals surface area contributed by atoms with Gasteiger partial charge in [0, 0.05) is 0 Å². The van der Waals surface area contributed by atoms with Crippen molar-refractivity contribution in [3.05, 3.63) is 29.3 Å². The first kappa shape index (κ1) is 12.1. The topological polar surface area (TPSA) is 33.0 Å². The van der Waals surface area contributed by atoms with E-state index in [2.05, 4.69) is 32.8 Å². The van der Waals surface area contributed by atoms with Crippen LogP contribution in [0.5, 0.6) is 5.75 Å². The van der Waals surface area contributed by atoms with Gasteiger partial charge >= 0.3 is 0 Å². The van der Waals surface area contributed by atoms with Crippen molar-refractivity contribution in [1.82, 2.24) is 0 Å². The lowest BCUT2D eigenvalue weighted by Gasteiger charge is -2.19. The van der Waals surface area contributed by atoms with Crippen molar-refractivity contribution in [2.45, 2.75) is 26.2 Å². The van der Waals surface area contributed by atoms with E-state index >= 15 is 0 Å². The van der Waals surface area contributed by atoms with Crippen molar-refractivity contribution in [2.75, 3.05) is 6.61 Å². The third kappa shape index (κ3) is 2.78. The predicted octanol–water partition coefficient (Wildman–Crippen LogP) is 2.87. The van der Waals surface area contributed by atoms with Crippen LogP contribution >= 0.6 is 0 Å². The summed E-state index contributed by atoms with van der Waals surface area (Å²) < 4.78 is 5.29. The van der Waals surface area contributed by atoms with Crippen molar-refractivity contribution >= 4 is 0 Å². The van der Waals surface area contributed by atoms with Gasteiger partial charge in [-0.25, -0.2) is 0 Å². The first-order valence-corrected chi connectivity index (χ1v) is 5.10. The lowest BCUT2D eigenvalue weighted by atomic mass is 9.86. The van der Waals surface area contributed by atoms with Crippen molar-refractivity contribution in [3.8, 4) is 24.2 Å². The number of benzene rings is 1. The minimum absolute atomic E-state index is 0.0241. The van der Waals surface area contributed by atoms with Crippen molar-refractivity contribution < 1.29 is 4.74 Å². The summed E-state index contributed by atoms with van der Waals surface area (Å²) in [5, 5.41) is 9.03. The van der Waals surface area contributed by atoms with E-state index in [1.165, 1.54) is 0 Å². The Labute approximate surface area is 96.9 Å². The largest absolute Gasteiger partial charge is 0.480 e. The van der Waals surface area contributed by atoms with Crippen LogP contribution < -0.4 is 4.74 Å². The van der Waals surface area contributed by atoms with E-state index in [9.17, 15) is 0 Å². The first-order valence-electron chi connectivity index (χ1n) is 5.10. The molecular weight excluding hydrogens is 198 g/mol. The van der Waals surface area contributed by atoms with Crippen LogP contribution in [0.2, 0.25) is 0 Å². The van der Waals surface area contributed by atoms with Gasteiger partial charge in [-0.3, -0.25) is 0 Å². The summed E-state index contributed by atoms with van der Waals surface area (Å²) >= 11 is 0. The van der Waals surface area contributed by atoms with E-state index < -0.39 is 0 Å². The van der Waals surface area contributed by atoms with Crippen molar-refractivity contribution in [3.63, 3.8) is 0 Å². The monoisotopic (exact) mass is 213 g/mol. The van der Waals surface area contributed by atoms with E-state index in [4.69, 9.17) is 16.4 Å². The fourth-order valence-corrected chi connectivity index (χ4v) is 1.33. The Hall–Kier alpha value is -1.93. The zero-order chi connectivity index (χ0) is 12.2. The normalized spacial score (nSPS) is 10.3. The Morgan fingerprint density at radius 1 is 1.38 bits per heavy atom. The van der Waals surface area contributed by atoms with Gasteiger partial charge in [0.1, 0.15) is 18.4 Å². The summed E-state index contributed by atoms with van der Waals surface area (Å²) in [6.07, 6.45) is 5.11. The van der Waals surface area contributed by atoms with Gasteiger partial charge in [-0.2, -0.15) is 5.26 Å². The van der Waals surface area contributed by atoms with Gasteiger partial charge in [-0.05, 0) is 23.1 Å². The van der Waals surface area contributed by atoms with Crippen LogP contribution in [0.15, 0.2) is 18.2 Å². The Kier molecular flexibility index (Phi) is 3.59. The molecule has 0 bridgehead atoms. The van der Waals surface area contributed by atoms with E-state index in [1.54, 1.807) is 6.07 Å². The Bertz CT molecular complexity index is 455. The molecule has 16 heavy (non-hydrogen) atoms. The number of terminal acetylenes is 1. The van der Waals surface area contributed by atoms with E-state index in [0.29, 0.717) is 11.3 Å². The minimum atomic E-state index is 0.0241. The molecule has 0 saturated heterocycles. The highest BCUT2D eigenvalue weighted by Crippen LogP contribution is 2.27. The molecule has 1 aromatic carbocycles. The summed E-state index contributed by atoms with van der Waals surface area (Å²) in [5.41, 5.74) is 1.66. The number of nitriles is 1. The smallest absolute Gasteiger partial charge is 0.148 e. The average molecular weight is 213 g/mol. The molecule has 0 aliphatic heterocycles. The van der Waals surface area contributed by atoms with Crippen LogP contribution in [0.3, 0.4) is 0 Å². The number of ether oxygens (including phenoxy) is 1. The summed E-state index contributed by atoms with van der Waals surface area (Å²) in [4.78, 5) is 0. The highest BCUT2D eigenvalue weighted by Gasteiger charge is 2.15. The van der Waals surface area contributed by atoms with Crippen LogP contribution in [0.4, 0.5) is 0 Å². The first-order chi connectivity index (χ1) is 7.49. The highest BCUT2D eigenvalue weighted by molar-refractivity contribution is 5.47. The fourth-order valence-electron chi connectivity index (χ4n) is 1.33. The molecule has 0 atom stereocenters. The molecule has 82 valence electrons. The molecule has 0 aliphatic rings. The average Bonchev–Trinajstić information content (AvgIpc) is 2.24. The molecule has 0 saturated carbocycles. The van der Waals surface area contributed by atoms with Gasteiger partial charge in [-0.1, -0.05) is 32.8 Å². The quantitative estimate of drug-likeness (QED) is 0.708. The Balaban J connectivity index is 3.09. The number of hydrogen-bond donors (Lipinski definition) is 0. The molecule has 0 aromatic heterocycles. The third-order valence-electron chi connectivity index (χ3n) is 2.28. The molecule has 2 nitrogen and oxygen atoms in total. The molecule has 0 fully saturated rings. The molecule has 2 heteroatoms. The maximum absolute atomic E-state index is 9.03. The summed E-state index contributed by atoms with van der Waals surface area (Å²) in [6, 6.07) is 7.74. The second-order valence-electron chi connectivity index (χ2n) is 4.57. The van der Waals surface area contributed by atoms with Crippen LogP contribution in [-0.2, 0) is 5.41 Å². The van der Waals surface area contributed by atoms with Gasteiger partial charge in [0.25, 0.3) is 0 Å². The van der Waals surface area contributed by atoms with E-state index in [-0.39, 0.29) is 12.0 Å². The van der Waals surface area contributed by atoms with Gasteiger partial charge in [-0.15, -0.1) is 6.42 Å². The number of hydrogen-bond acceptors (Lipinski definition) is 2. The van der Waals surface area contributed by atoms with Gasteiger partial charge in [0.2, 0.25) is 0 Å². The summed E-state index contributed by atoms with van der Waals surface area (Å²) in [7, 11) is 0. The molecule has 1 rings (SSSR count). The van der Waals surface area contributed by atoms with Crippen LogP contribution in [0, 0.1) is 23.7 Å². The number of nitrogens with zero attached hydrogens (tertiary/aromatic N) is 1. The van der Waals surface area contributed by atoms with Crippen LogP contribution in [-0.4, -0.2) is 6.61 Å². The highest BCUT2D eigenvalue weighted by atomic mass is 16.5. The lowest BCUT2D eigenvalue weighted by Crippen LogP contribution is -2.11. The van der Waals surface area contributed by atoms with Crippen molar-refractivity contribution in [1.29, 1.82) is 5.26 Å². The van der Waals surface area contributed by atoms with Crippen molar-refractivity contribution in [2.24, 2.45) is 0 Å². The van der Waals surface area contributed by atoms with E-state index in [0.717, 1.165) is 5.56 Å². The second-order valence-corrected chi connectivity index (χ2v) is 4.57. The Morgan fingerprint density at radius 2 is 2.06 bits per heavy atom. The fraction of sp³-hybridized carbons (Fsp3) is 0.357. The predicted molar refractivity (Wildman–Crippen MR) is 64.2 cm³/mol. The molecule has 1 aromatic rings. The standard InChI is InChI=1S/C14H15NO/c1-5-8-16-13-7-6-12(14(2,3)4)9-11(13)10-15/h1,6-7,9H,8H2,2-4H3. The number of rotatable bonds is 2. The minimum Gasteiger partial charge on any atom is -0.480 e. The third-order valence-corrected chi connectivity index (χ3v) is 2.28. The maximum Gasteiger partial charge on any atom is 0.148 e. The van der Waals surface area contributed by atoms with Crippen LogP contribution in [0.1, 0.15) is 31.9 Å². The molecule has 0 N–H and O–H groups in total. The second kappa shape index (κ2) is 4.73. The van der Waals surface area contributed by atoms with Gasteiger partial charge in [0.05, 0.1) is 5.56 Å². The lowest BCUT2D eigenvalue weighted by molar-refractivity contribution is 0.369. The maximum atomic E-state index is 9.03. The molecular formula is C14H15NO. The van der Waals surface area contributed by atoms with Gasteiger partial charge in [0.15, 0.2) is 0 Å². The van der Waals surface area contributed by atoms with Crippen LogP contribution in [0.25, 0.3) is 0 Å². The molecule has 0 aliphatic carbocycles.